The summed E-state index contributed by atoms with van der Waals surface area (Å²) in [6.07, 6.45) is 1.04. The molecule has 0 aliphatic carbocycles. The van der Waals surface area contributed by atoms with Gasteiger partial charge in [-0.25, -0.2) is 4.39 Å². The molecule has 1 aromatic rings. The number of halogens is 1. The van der Waals surface area contributed by atoms with E-state index in [4.69, 9.17) is 0 Å². The summed E-state index contributed by atoms with van der Waals surface area (Å²) >= 11 is 2.01. The third kappa shape index (κ3) is 2.72. The first-order valence-corrected chi connectivity index (χ1v) is 5.96. The van der Waals surface area contributed by atoms with Gasteiger partial charge in [-0.3, -0.25) is 0 Å². The lowest BCUT2D eigenvalue weighted by atomic mass is 10.2. The molecular formula is C11H14FNS. The highest BCUT2D eigenvalue weighted by Gasteiger charge is 2.15. The van der Waals surface area contributed by atoms with Crippen LogP contribution in [0.4, 0.5) is 4.39 Å². The zero-order chi connectivity index (χ0) is 9.80. The van der Waals surface area contributed by atoms with E-state index in [9.17, 15) is 4.39 Å². The molecule has 1 nitrogen and oxygen atoms in total. The Morgan fingerprint density at radius 1 is 1.29 bits per heavy atom. The van der Waals surface area contributed by atoms with Crippen molar-refractivity contribution < 1.29 is 4.39 Å². The third-order valence-corrected chi connectivity index (χ3v) is 3.65. The quantitative estimate of drug-likeness (QED) is 0.818. The first-order valence-electron chi connectivity index (χ1n) is 4.91. The number of aryl methyl sites for hydroxylation is 1. The molecule has 1 aliphatic heterocycles. The van der Waals surface area contributed by atoms with Crippen LogP contribution in [-0.4, -0.2) is 24.1 Å². The summed E-state index contributed by atoms with van der Waals surface area (Å²) < 4.78 is 12.6. The highest BCUT2D eigenvalue weighted by molar-refractivity contribution is 8.00. The van der Waals surface area contributed by atoms with Gasteiger partial charge in [0.1, 0.15) is 5.82 Å². The molecule has 1 saturated heterocycles. The number of thioether (sulfide) groups is 1. The number of rotatable bonds is 4. The number of benzene rings is 1. The molecular weight excluding hydrogens is 197 g/mol. The van der Waals surface area contributed by atoms with Gasteiger partial charge in [-0.1, -0.05) is 12.1 Å². The minimum absolute atomic E-state index is 0.149. The summed E-state index contributed by atoms with van der Waals surface area (Å²) in [5.74, 6) is 0.988. The Kier molecular flexibility index (Phi) is 3.43. The Hall–Kier alpha value is -0.540. The van der Waals surface area contributed by atoms with Gasteiger partial charge in [-0.05, 0) is 29.9 Å². The third-order valence-electron chi connectivity index (χ3n) is 2.40. The van der Waals surface area contributed by atoms with Crippen molar-refractivity contribution in [3.05, 3.63) is 35.6 Å². The van der Waals surface area contributed by atoms with Crippen molar-refractivity contribution in [1.82, 2.24) is 5.32 Å². The van der Waals surface area contributed by atoms with Crippen LogP contribution in [0.5, 0.6) is 0 Å². The van der Waals surface area contributed by atoms with Gasteiger partial charge < -0.3 is 5.32 Å². The summed E-state index contributed by atoms with van der Waals surface area (Å²) in [6, 6.07) is 6.81. The molecule has 1 N–H and O–H groups in total. The van der Waals surface area contributed by atoms with Crippen LogP contribution in [0.25, 0.3) is 0 Å². The predicted octanol–water partition coefficient (Wildman–Crippen LogP) is 2.07. The highest BCUT2D eigenvalue weighted by Crippen LogP contribution is 2.16. The van der Waals surface area contributed by atoms with Gasteiger partial charge in [0, 0.05) is 18.3 Å². The first-order chi connectivity index (χ1) is 6.84. The molecule has 76 valence electrons. The molecule has 2 rings (SSSR count). The minimum Gasteiger partial charge on any atom is -0.314 e. The van der Waals surface area contributed by atoms with Crippen molar-refractivity contribution in [2.45, 2.75) is 11.7 Å². The molecule has 0 unspecified atom stereocenters. The molecule has 0 amide bonds. The molecule has 0 aromatic heterocycles. The average Bonchev–Trinajstić information content (AvgIpc) is 2.12. The molecule has 0 radical (unpaired) electrons. The van der Waals surface area contributed by atoms with Gasteiger partial charge in [0.2, 0.25) is 0 Å². The Balaban J connectivity index is 1.71. The van der Waals surface area contributed by atoms with Gasteiger partial charge in [-0.2, -0.15) is 11.8 Å². The van der Waals surface area contributed by atoms with Crippen molar-refractivity contribution in [2.24, 2.45) is 0 Å². The lowest BCUT2D eigenvalue weighted by molar-refractivity contribution is 0.543. The molecule has 1 heterocycles. The topological polar surface area (TPSA) is 12.0 Å². The van der Waals surface area contributed by atoms with Crippen LogP contribution in [0, 0.1) is 5.82 Å². The Labute approximate surface area is 88.1 Å². The molecule has 1 aromatic carbocycles. The van der Waals surface area contributed by atoms with E-state index in [0.29, 0.717) is 0 Å². The number of hydrogen-bond donors (Lipinski definition) is 1. The Bertz CT molecular complexity index is 282. The fraction of sp³-hybridized carbons (Fsp3) is 0.455. The van der Waals surface area contributed by atoms with E-state index in [0.717, 1.165) is 30.5 Å². The Morgan fingerprint density at radius 3 is 2.57 bits per heavy atom. The van der Waals surface area contributed by atoms with Crippen LogP contribution in [0.2, 0.25) is 0 Å². The second kappa shape index (κ2) is 4.80. The lowest BCUT2D eigenvalue weighted by Crippen LogP contribution is -2.44. The van der Waals surface area contributed by atoms with Crippen LogP contribution in [0.3, 0.4) is 0 Å². The molecule has 1 aliphatic rings. The molecule has 14 heavy (non-hydrogen) atoms. The molecule has 0 spiro atoms. The van der Waals surface area contributed by atoms with E-state index >= 15 is 0 Å². The minimum atomic E-state index is -0.149. The highest BCUT2D eigenvalue weighted by atomic mass is 32.2. The van der Waals surface area contributed by atoms with E-state index in [1.807, 2.05) is 23.9 Å². The van der Waals surface area contributed by atoms with Crippen molar-refractivity contribution in [3.63, 3.8) is 0 Å². The maximum atomic E-state index is 12.6. The first kappa shape index (κ1) is 9.99. The Morgan fingerprint density at radius 2 is 2.00 bits per heavy atom. The van der Waals surface area contributed by atoms with Crippen LogP contribution in [-0.2, 0) is 6.42 Å². The van der Waals surface area contributed by atoms with Crippen molar-refractivity contribution in [2.75, 3.05) is 18.8 Å². The second-order valence-corrected chi connectivity index (χ2v) is 4.94. The van der Waals surface area contributed by atoms with Gasteiger partial charge in [0.15, 0.2) is 0 Å². The normalized spacial score (nSPS) is 16.6. The average molecular weight is 211 g/mol. The summed E-state index contributed by atoms with van der Waals surface area (Å²) in [5, 5.41) is 4.05. The summed E-state index contributed by atoms with van der Waals surface area (Å²) in [6.45, 7) is 2.29. The fourth-order valence-corrected chi connectivity index (χ4v) is 2.53. The van der Waals surface area contributed by atoms with Crippen molar-refractivity contribution >= 4 is 11.8 Å². The van der Waals surface area contributed by atoms with Crippen LogP contribution >= 0.6 is 11.8 Å². The number of nitrogens with one attached hydrogen (secondary N) is 1. The molecule has 3 heteroatoms. The van der Waals surface area contributed by atoms with Gasteiger partial charge in [0.05, 0.1) is 0 Å². The van der Waals surface area contributed by atoms with E-state index in [1.165, 1.54) is 17.7 Å². The largest absolute Gasteiger partial charge is 0.314 e. The molecule has 1 fully saturated rings. The predicted molar refractivity (Wildman–Crippen MR) is 59.2 cm³/mol. The molecule has 0 atom stereocenters. The maximum Gasteiger partial charge on any atom is 0.123 e. The van der Waals surface area contributed by atoms with Crippen LogP contribution < -0.4 is 5.32 Å². The van der Waals surface area contributed by atoms with E-state index < -0.39 is 0 Å². The summed E-state index contributed by atoms with van der Waals surface area (Å²) in [7, 11) is 0. The van der Waals surface area contributed by atoms with Gasteiger partial charge in [-0.15, -0.1) is 0 Å². The summed E-state index contributed by atoms with van der Waals surface area (Å²) in [4.78, 5) is 0. The zero-order valence-electron chi connectivity index (χ0n) is 8.00. The monoisotopic (exact) mass is 211 g/mol. The van der Waals surface area contributed by atoms with E-state index in [2.05, 4.69) is 5.32 Å². The fourth-order valence-electron chi connectivity index (χ4n) is 1.37. The van der Waals surface area contributed by atoms with E-state index in [-0.39, 0.29) is 5.82 Å². The molecule has 0 saturated carbocycles. The van der Waals surface area contributed by atoms with Crippen LogP contribution in [0.1, 0.15) is 5.56 Å². The second-order valence-electron chi connectivity index (χ2n) is 3.53. The zero-order valence-corrected chi connectivity index (χ0v) is 8.82. The summed E-state index contributed by atoms with van der Waals surface area (Å²) in [5.41, 5.74) is 1.23. The van der Waals surface area contributed by atoms with Crippen molar-refractivity contribution in [3.8, 4) is 0 Å². The SMILES string of the molecule is Fc1ccc(CCSC2CNC2)cc1. The van der Waals surface area contributed by atoms with Crippen molar-refractivity contribution in [1.29, 1.82) is 0 Å². The smallest absolute Gasteiger partial charge is 0.123 e. The lowest BCUT2D eigenvalue weighted by Gasteiger charge is -2.26. The molecule has 0 bridgehead atoms. The van der Waals surface area contributed by atoms with Gasteiger partial charge in [0.25, 0.3) is 0 Å². The van der Waals surface area contributed by atoms with E-state index in [1.54, 1.807) is 0 Å². The maximum absolute atomic E-state index is 12.6. The number of hydrogen-bond acceptors (Lipinski definition) is 2. The standard InChI is InChI=1S/C11H14FNS/c12-10-3-1-9(2-4-10)5-6-14-11-7-13-8-11/h1-4,11,13H,5-8H2. The van der Waals surface area contributed by atoms with Gasteiger partial charge >= 0.3 is 0 Å². The van der Waals surface area contributed by atoms with Crippen LogP contribution in [0.15, 0.2) is 24.3 Å².